The second-order valence-electron chi connectivity index (χ2n) is 5.40. The molecule has 6 nitrogen and oxygen atoms in total. The molecule has 1 aromatic rings. The number of amides is 1. The van der Waals surface area contributed by atoms with E-state index in [0.29, 0.717) is 35.5 Å². The first-order chi connectivity index (χ1) is 10.1. The molecule has 1 atom stereocenters. The van der Waals surface area contributed by atoms with E-state index in [-0.39, 0.29) is 5.91 Å². The van der Waals surface area contributed by atoms with E-state index in [1.165, 1.54) is 6.33 Å². The molecule has 0 radical (unpaired) electrons. The van der Waals surface area contributed by atoms with Crippen molar-refractivity contribution < 1.29 is 4.79 Å². The van der Waals surface area contributed by atoms with E-state index in [1.54, 1.807) is 0 Å². The van der Waals surface area contributed by atoms with Crippen LogP contribution in [0.1, 0.15) is 32.6 Å². The summed E-state index contributed by atoms with van der Waals surface area (Å²) in [5.41, 5.74) is 5.73. The summed E-state index contributed by atoms with van der Waals surface area (Å²) in [4.78, 5) is 21.8. The SMILES string of the molecule is CCCC(=O)NCC1CCCN(c2ncnc(N)c2Cl)C1. The van der Waals surface area contributed by atoms with Crippen LogP contribution in [0.5, 0.6) is 0 Å². The van der Waals surface area contributed by atoms with Gasteiger partial charge in [0.25, 0.3) is 0 Å². The van der Waals surface area contributed by atoms with Gasteiger partial charge < -0.3 is 16.0 Å². The molecule has 7 heteroatoms. The van der Waals surface area contributed by atoms with Crippen LogP contribution in [0.15, 0.2) is 6.33 Å². The number of rotatable bonds is 5. The highest BCUT2D eigenvalue weighted by molar-refractivity contribution is 6.35. The zero-order valence-electron chi connectivity index (χ0n) is 12.3. The Kier molecular flexibility index (Phi) is 5.61. The third-order valence-electron chi connectivity index (χ3n) is 3.68. The second kappa shape index (κ2) is 7.45. The van der Waals surface area contributed by atoms with E-state index in [2.05, 4.69) is 20.2 Å². The molecule has 1 aliphatic rings. The fraction of sp³-hybridized carbons (Fsp3) is 0.643. The topological polar surface area (TPSA) is 84.1 Å². The fourth-order valence-electron chi connectivity index (χ4n) is 2.59. The van der Waals surface area contributed by atoms with E-state index in [0.717, 1.165) is 32.4 Å². The first kappa shape index (κ1) is 15.8. The maximum absolute atomic E-state index is 11.6. The van der Waals surface area contributed by atoms with Gasteiger partial charge in [0.2, 0.25) is 5.91 Å². The first-order valence-electron chi connectivity index (χ1n) is 7.39. The number of nitrogens with two attached hydrogens (primary N) is 1. The third kappa shape index (κ3) is 4.20. The Labute approximate surface area is 130 Å². The molecule has 1 amide bonds. The van der Waals surface area contributed by atoms with E-state index in [4.69, 9.17) is 17.3 Å². The van der Waals surface area contributed by atoms with E-state index in [9.17, 15) is 4.79 Å². The smallest absolute Gasteiger partial charge is 0.219 e. The zero-order chi connectivity index (χ0) is 15.2. The number of nitrogens with zero attached hydrogens (tertiary/aromatic N) is 3. The molecule has 0 aromatic carbocycles. The predicted molar refractivity (Wildman–Crippen MR) is 84.3 cm³/mol. The quantitative estimate of drug-likeness (QED) is 0.867. The van der Waals surface area contributed by atoms with E-state index < -0.39 is 0 Å². The summed E-state index contributed by atoms with van der Waals surface area (Å²) in [6, 6.07) is 0. The van der Waals surface area contributed by atoms with Crippen molar-refractivity contribution in [1.82, 2.24) is 15.3 Å². The van der Waals surface area contributed by atoms with Crippen LogP contribution in [-0.2, 0) is 4.79 Å². The number of nitrogens with one attached hydrogen (secondary N) is 1. The molecule has 1 aromatic heterocycles. The number of aromatic nitrogens is 2. The minimum atomic E-state index is 0.124. The van der Waals surface area contributed by atoms with Crippen molar-refractivity contribution in [3.63, 3.8) is 0 Å². The Morgan fingerprint density at radius 1 is 1.57 bits per heavy atom. The van der Waals surface area contributed by atoms with Gasteiger partial charge in [0, 0.05) is 26.1 Å². The maximum Gasteiger partial charge on any atom is 0.219 e. The van der Waals surface area contributed by atoms with Crippen molar-refractivity contribution in [3.05, 3.63) is 11.3 Å². The van der Waals surface area contributed by atoms with Crippen molar-refractivity contribution in [1.29, 1.82) is 0 Å². The molecule has 2 heterocycles. The normalized spacial score (nSPS) is 18.6. The monoisotopic (exact) mass is 311 g/mol. The van der Waals surface area contributed by atoms with Gasteiger partial charge in [0.1, 0.15) is 17.2 Å². The highest BCUT2D eigenvalue weighted by Crippen LogP contribution is 2.30. The molecule has 2 rings (SSSR count). The van der Waals surface area contributed by atoms with Gasteiger partial charge in [-0.2, -0.15) is 0 Å². The molecular weight excluding hydrogens is 290 g/mol. The number of anilines is 2. The van der Waals surface area contributed by atoms with Crippen LogP contribution in [-0.4, -0.2) is 35.5 Å². The van der Waals surface area contributed by atoms with Crippen molar-refractivity contribution in [3.8, 4) is 0 Å². The lowest BCUT2D eigenvalue weighted by Gasteiger charge is -2.34. The first-order valence-corrected chi connectivity index (χ1v) is 7.77. The lowest BCUT2D eigenvalue weighted by molar-refractivity contribution is -0.121. The Bertz CT molecular complexity index is 496. The molecule has 0 bridgehead atoms. The average molecular weight is 312 g/mol. The van der Waals surface area contributed by atoms with Crippen molar-refractivity contribution >= 4 is 29.1 Å². The van der Waals surface area contributed by atoms with Crippen LogP contribution in [0.4, 0.5) is 11.6 Å². The Hall–Kier alpha value is -1.56. The summed E-state index contributed by atoms with van der Waals surface area (Å²) in [5.74, 6) is 1.53. The molecule has 1 aliphatic heterocycles. The molecular formula is C14H22ClN5O. The highest BCUT2D eigenvalue weighted by atomic mass is 35.5. The molecule has 0 saturated carbocycles. The van der Waals surface area contributed by atoms with Gasteiger partial charge in [-0.3, -0.25) is 4.79 Å². The van der Waals surface area contributed by atoms with Crippen LogP contribution in [0, 0.1) is 5.92 Å². The third-order valence-corrected chi connectivity index (χ3v) is 4.04. The number of hydrogen-bond donors (Lipinski definition) is 2. The van der Waals surface area contributed by atoms with Crippen molar-refractivity contribution in [2.24, 2.45) is 5.92 Å². The van der Waals surface area contributed by atoms with Crippen LogP contribution in [0.2, 0.25) is 5.02 Å². The van der Waals surface area contributed by atoms with Crippen LogP contribution in [0.3, 0.4) is 0 Å². The lowest BCUT2D eigenvalue weighted by Crippen LogP contribution is -2.41. The predicted octanol–water partition coefficient (Wildman–Crippen LogP) is 1.84. The summed E-state index contributed by atoms with van der Waals surface area (Å²) >= 11 is 6.18. The summed E-state index contributed by atoms with van der Waals surface area (Å²) in [7, 11) is 0. The summed E-state index contributed by atoms with van der Waals surface area (Å²) in [6.45, 7) is 4.43. The Balaban J connectivity index is 1.94. The number of halogens is 1. The number of carbonyl (C=O) groups excluding carboxylic acids is 1. The Morgan fingerprint density at radius 3 is 3.14 bits per heavy atom. The molecule has 3 N–H and O–H groups in total. The molecule has 1 fully saturated rings. The summed E-state index contributed by atoms with van der Waals surface area (Å²) in [5, 5.41) is 3.41. The number of nitrogen functional groups attached to an aromatic ring is 1. The second-order valence-corrected chi connectivity index (χ2v) is 5.78. The van der Waals surface area contributed by atoms with Crippen LogP contribution >= 0.6 is 11.6 Å². The summed E-state index contributed by atoms with van der Waals surface area (Å²) < 4.78 is 0. The number of carbonyl (C=O) groups is 1. The van der Waals surface area contributed by atoms with Gasteiger partial charge in [-0.1, -0.05) is 18.5 Å². The largest absolute Gasteiger partial charge is 0.382 e. The molecule has 116 valence electrons. The van der Waals surface area contributed by atoms with Gasteiger partial charge >= 0.3 is 0 Å². The van der Waals surface area contributed by atoms with Gasteiger partial charge in [-0.05, 0) is 25.2 Å². The molecule has 1 saturated heterocycles. The van der Waals surface area contributed by atoms with Crippen LogP contribution in [0.25, 0.3) is 0 Å². The van der Waals surface area contributed by atoms with E-state index >= 15 is 0 Å². The van der Waals surface area contributed by atoms with Crippen molar-refractivity contribution in [2.75, 3.05) is 30.3 Å². The molecule has 21 heavy (non-hydrogen) atoms. The lowest BCUT2D eigenvalue weighted by atomic mass is 9.98. The average Bonchev–Trinajstić information content (AvgIpc) is 2.49. The molecule has 0 spiro atoms. The minimum Gasteiger partial charge on any atom is -0.382 e. The maximum atomic E-state index is 11.6. The highest BCUT2D eigenvalue weighted by Gasteiger charge is 2.23. The van der Waals surface area contributed by atoms with Gasteiger partial charge in [0.15, 0.2) is 5.82 Å². The van der Waals surface area contributed by atoms with Crippen LogP contribution < -0.4 is 16.0 Å². The number of piperidine rings is 1. The van der Waals surface area contributed by atoms with Gasteiger partial charge in [0.05, 0.1) is 0 Å². The Morgan fingerprint density at radius 2 is 2.38 bits per heavy atom. The molecule has 0 aliphatic carbocycles. The zero-order valence-corrected chi connectivity index (χ0v) is 13.1. The standard InChI is InChI=1S/C14H22ClN5O/c1-2-4-11(21)17-7-10-5-3-6-20(8-10)14-12(15)13(16)18-9-19-14/h9-10H,2-8H2,1H3,(H,17,21)(H2,16,18,19). The van der Waals surface area contributed by atoms with E-state index in [1.807, 2.05) is 6.92 Å². The molecule has 1 unspecified atom stereocenters. The summed E-state index contributed by atoms with van der Waals surface area (Å²) in [6.07, 6.45) is 5.04. The van der Waals surface area contributed by atoms with Crippen molar-refractivity contribution in [2.45, 2.75) is 32.6 Å². The fourth-order valence-corrected chi connectivity index (χ4v) is 2.81. The van der Waals surface area contributed by atoms with Gasteiger partial charge in [-0.25, -0.2) is 9.97 Å². The van der Waals surface area contributed by atoms with Gasteiger partial charge in [-0.15, -0.1) is 0 Å². The minimum absolute atomic E-state index is 0.124. The number of hydrogen-bond acceptors (Lipinski definition) is 5.